The fourth-order valence-electron chi connectivity index (χ4n) is 4.68. The summed E-state index contributed by atoms with van der Waals surface area (Å²) >= 11 is 0. The lowest BCUT2D eigenvalue weighted by Gasteiger charge is -2.40. The Morgan fingerprint density at radius 3 is 2.37 bits per heavy atom. The predicted octanol–water partition coefficient (Wildman–Crippen LogP) is 3.96. The topological polar surface area (TPSA) is 76.6 Å². The van der Waals surface area contributed by atoms with E-state index in [1.54, 1.807) is 0 Å². The van der Waals surface area contributed by atoms with Crippen LogP contribution >= 0.6 is 0 Å². The third-order valence-electron chi connectivity index (χ3n) is 6.12. The van der Waals surface area contributed by atoms with Crippen molar-refractivity contribution in [3.05, 3.63) is 65.4 Å². The van der Waals surface area contributed by atoms with Crippen LogP contribution in [-0.2, 0) is 16.0 Å². The molecule has 0 spiro atoms. The van der Waals surface area contributed by atoms with Gasteiger partial charge >= 0.3 is 5.97 Å². The van der Waals surface area contributed by atoms with Crippen LogP contribution in [0.5, 0.6) is 0 Å². The van der Waals surface area contributed by atoms with Gasteiger partial charge in [-0.25, -0.2) is 4.79 Å². The number of carbonyl (C=O) groups is 2. The van der Waals surface area contributed by atoms with Gasteiger partial charge in [0.05, 0.1) is 6.04 Å². The Morgan fingerprint density at radius 2 is 1.77 bits per heavy atom. The van der Waals surface area contributed by atoms with E-state index in [-0.39, 0.29) is 5.91 Å². The summed E-state index contributed by atoms with van der Waals surface area (Å²) in [5.74, 6) is -1.23. The van der Waals surface area contributed by atoms with Crippen LogP contribution in [0.1, 0.15) is 43.6 Å². The van der Waals surface area contributed by atoms with Crippen LogP contribution in [-0.4, -0.2) is 46.0 Å². The Balaban J connectivity index is 1.88. The lowest BCUT2D eigenvalue weighted by Crippen LogP contribution is -2.50. The molecule has 0 unspecified atom stereocenters. The number of aromatic amines is 1. The van der Waals surface area contributed by atoms with Gasteiger partial charge in [-0.1, -0.05) is 30.3 Å². The van der Waals surface area contributed by atoms with Crippen LogP contribution in [0.15, 0.2) is 48.5 Å². The van der Waals surface area contributed by atoms with Gasteiger partial charge in [0.1, 0.15) is 6.04 Å². The molecule has 6 heteroatoms. The molecule has 1 aliphatic rings. The monoisotopic (exact) mass is 405 g/mol. The highest BCUT2D eigenvalue weighted by Gasteiger charge is 2.42. The molecule has 1 aliphatic heterocycles. The molecule has 0 saturated carbocycles. The van der Waals surface area contributed by atoms with Gasteiger partial charge in [-0.05, 0) is 43.2 Å². The molecule has 2 N–H and O–H groups in total. The second-order valence-electron chi connectivity index (χ2n) is 7.71. The molecular weight excluding hydrogens is 378 g/mol. The van der Waals surface area contributed by atoms with Crippen LogP contribution in [0.4, 0.5) is 5.69 Å². The second kappa shape index (κ2) is 7.86. The summed E-state index contributed by atoms with van der Waals surface area (Å²) in [4.78, 5) is 32.0. The number of benzene rings is 2. The molecule has 2 heterocycles. The first-order chi connectivity index (χ1) is 14.5. The summed E-state index contributed by atoms with van der Waals surface area (Å²) in [7, 11) is 0. The zero-order valence-electron chi connectivity index (χ0n) is 17.6. The van der Waals surface area contributed by atoms with Gasteiger partial charge in [-0.15, -0.1) is 0 Å². The van der Waals surface area contributed by atoms with Crippen molar-refractivity contribution in [2.75, 3.05) is 18.0 Å². The molecule has 0 radical (unpaired) electrons. The molecule has 0 saturated heterocycles. The lowest BCUT2D eigenvalue weighted by atomic mass is 9.88. The zero-order chi connectivity index (χ0) is 21.4. The van der Waals surface area contributed by atoms with Crippen molar-refractivity contribution in [2.45, 2.75) is 39.3 Å². The van der Waals surface area contributed by atoms with E-state index in [0.29, 0.717) is 6.42 Å². The third kappa shape index (κ3) is 3.22. The molecule has 4 rings (SSSR count). The Kier molecular flexibility index (Phi) is 5.24. The van der Waals surface area contributed by atoms with Crippen molar-refractivity contribution in [2.24, 2.45) is 0 Å². The number of hydrogen-bond donors (Lipinski definition) is 2. The Morgan fingerprint density at radius 1 is 1.10 bits per heavy atom. The van der Waals surface area contributed by atoms with E-state index in [2.05, 4.69) is 23.7 Å². The molecule has 156 valence electrons. The first-order valence-corrected chi connectivity index (χ1v) is 10.4. The second-order valence-corrected chi connectivity index (χ2v) is 7.71. The quantitative estimate of drug-likeness (QED) is 0.674. The van der Waals surface area contributed by atoms with Crippen molar-refractivity contribution in [1.29, 1.82) is 0 Å². The van der Waals surface area contributed by atoms with E-state index in [1.807, 2.05) is 48.5 Å². The molecular formula is C24H27N3O3. The molecule has 0 bridgehead atoms. The van der Waals surface area contributed by atoms with Crippen molar-refractivity contribution in [3.63, 3.8) is 0 Å². The minimum absolute atomic E-state index is 0.246. The maximum atomic E-state index is 12.6. The minimum atomic E-state index is -0.981. The van der Waals surface area contributed by atoms with Crippen molar-refractivity contribution >= 4 is 28.5 Å². The maximum Gasteiger partial charge on any atom is 0.326 e. The third-order valence-corrected chi connectivity index (χ3v) is 6.12. The van der Waals surface area contributed by atoms with Gasteiger partial charge in [-0.3, -0.25) is 4.79 Å². The van der Waals surface area contributed by atoms with E-state index in [4.69, 9.17) is 0 Å². The van der Waals surface area contributed by atoms with Gasteiger partial charge < -0.3 is 19.9 Å². The molecule has 6 nitrogen and oxygen atoms in total. The summed E-state index contributed by atoms with van der Waals surface area (Å²) in [6.07, 6.45) is 0.294. The van der Waals surface area contributed by atoms with Crippen molar-refractivity contribution in [3.8, 4) is 0 Å². The number of carboxylic acids is 1. The molecule has 1 amide bonds. The van der Waals surface area contributed by atoms with E-state index in [9.17, 15) is 14.7 Å². The van der Waals surface area contributed by atoms with Gasteiger partial charge in [0.2, 0.25) is 5.91 Å². The number of anilines is 1. The highest BCUT2D eigenvalue weighted by molar-refractivity contribution is 5.90. The largest absolute Gasteiger partial charge is 0.480 e. The van der Waals surface area contributed by atoms with Crippen molar-refractivity contribution < 1.29 is 14.7 Å². The number of aliphatic carboxylic acids is 1. The smallest absolute Gasteiger partial charge is 0.326 e. The highest BCUT2D eigenvalue weighted by Crippen LogP contribution is 2.41. The summed E-state index contributed by atoms with van der Waals surface area (Å²) in [5.41, 5.74) is 4.86. The molecule has 30 heavy (non-hydrogen) atoms. The summed E-state index contributed by atoms with van der Waals surface area (Å²) in [6, 6.07) is 14.7. The number of nitrogens with zero attached hydrogens (tertiary/aromatic N) is 2. The Labute approximate surface area is 176 Å². The Bertz CT molecular complexity index is 1080. The fraction of sp³-hybridized carbons (Fsp3) is 0.333. The first-order valence-electron chi connectivity index (χ1n) is 10.4. The number of para-hydroxylation sites is 1. The SMILES string of the molecule is CCN(CC)c1ccc([C@@H]2c3[nH]c4ccccc4c3C[C@H](C(=O)O)N2C(C)=O)cc1. The van der Waals surface area contributed by atoms with Crippen LogP contribution in [0.25, 0.3) is 10.9 Å². The Hall–Kier alpha value is -3.28. The standard InChI is InChI=1S/C24H27N3O3/c1-4-26(5-2)17-12-10-16(11-13-17)23-22-19(18-8-6-7-9-20(18)25-22)14-21(24(29)30)27(23)15(3)28/h6-13,21,23,25H,4-5,14H2,1-3H3,(H,29,30)/t21-,23-/m1/s1. The number of carbonyl (C=O) groups excluding carboxylic acids is 1. The molecule has 1 aromatic heterocycles. The number of aromatic nitrogens is 1. The number of nitrogens with one attached hydrogen (secondary N) is 1. The van der Waals surface area contributed by atoms with E-state index in [1.165, 1.54) is 11.8 Å². The molecule has 0 aliphatic carbocycles. The van der Waals surface area contributed by atoms with E-state index >= 15 is 0 Å². The van der Waals surface area contributed by atoms with Gasteiger partial charge in [0.25, 0.3) is 0 Å². The van der Waals surface area contributed by atoms with Crippen LogP contribution in [0.3, 0.4) is 0 Å². The van der Waals surface area contributed by atoms with Crippen molar-refractivity contribution in [1.82, 2.24) is 9.88 Å². The number of carboxylic acid groups (broad SMARTS) is 1. The average Bonchev–Trinajstić information content (AvgIpc) is 3.12. The molecule has 0 fully saturated rings. The van der Waals surface area contributed by atoms with E-state index < -0.39 is 18.1 Å². The summed E-state index contributed by atoms with van der Waals surface area (Å²) < 4.78 is 0. The van der Waals surface area contributed by atoms with Gasteiger partial charge in [0.15, 0.2) is 0 Å². The maximum absolute atomic E-state index is 12.6. The average molecular weight is 405 g/mol. The number of hydrogen-bond acceptors (Lipinski definition) is 3. The normalized spacial score (nSPS) is 18.3. The van der Waals surface area contributed by atoms with Crippen LogP contribution < -0.4 is 4.90 Å². The highest BCUT2D eigenvalue weighted by atomic mass is 16.4. The van der Waals surface area contributed by atoms with E-state index in [0.717, 1.165) is 46.5 Å². The zero-order valence-corrected chi connectivity index (χ0v) is 17.6. The predicted molar refractivity (Wildman–Crippen MR) is 118 cm³/mol. The van der Waals surface area contributed by atoms with Crippen LogP contribution in [0, 0.1) is 0 Å². The summed E-state index contributed by atoms with van der Waals surface area (Å²) in [6.45, 7) is 7.49. The summed E-state index contributed by atoms with van der Waals surface area (Å²) in [5, 5.41) is 10.9. The number of amides is 1. The first kappa shape index (κ1) is 20.0. The molecule has 3 aromatic rings. The lowest BCUT2D eigenvalue weighted by molar-refractivity contribution is -0.151. The molecule has 2 aromatic carbocycles. The minimum Gasteiger partial charge on any atom is -0.480 e. The number of H-pyrrole nitrogens is 1. The van der Waals surface area contributed by atoms with Gasteiger partial charge in [-0.2, -0.15) is 0 Å². The fourth-order valence-corrected chi connectivity index (χ4v) is 4.68. The van der Waals surface area contributed by atoms with Gasteiger partial charge in [0, 0.05) is 48.7 Å². The number of rotatable bonds is 5. The number of fused-ring (bicyclic) bond motifs is 3. The van der Waals surface area contributed by atoms with Crippen LogP contribution in [0.2, 0.25) is 0 Å². The molecule has 2 atom stereocenters.